The molecule has 1 aliphatic carbocycles. The fourth-order valence-corrected chi connectivity index (χ4v) is 5.47. The molecule has 3 rings (SSSR count). The van der Waals surface area contributed by atoms with Crippen LogP contribution in [0.4, 0.5) is 0 Å². The van der Waals surface area contributed by atoms with Crippen molar-refractivity contribution in [3.8, 4) is 11.5 Å². The maximum absolute atomic E-state index is 12.4. The van der Waals surface area contributed by atoms with Crippen molar-refractivity contribution >= 4 is 15.8 Å². The lowest BCUT2D eigenvalue weighted by atomic mass is 9.99. The van der Waals surface area contributed by atoms with Crippen LogP contribution in [0.5, 0.6) is 11.5 Å². The van der Waals surface area contributed by atoms with Gasteiger partial charge in [-0.25, -0.2) is 8.42 Å². The van der Waals surface area contributed by atoms with Crippen LogP contribution in [-0.2, 0) is 19.4 Å². The molecule has 3 atom stereocenters. The zero-order valence-electron chi connectivity index (χ0n) is 12.8. The number of benzene rings is 1. The Morgan fingerprint density at radius 2 is 2.09 bits per heavy atom. The van der Waals surface area contributed by atoms with Crippen LogP contribution in [0.1, 0.15) is 18.4 Å². The van der Waals surface area contributed by atoms with Gasteiger partial charge in [0.05, 0.1) is 11.9 Å². The smallest absolute Gasteiger partial charge is 0.314 e. The van der Waals surface area contributed by atoms with Crippen molar-refractivity contribution in [2.24, 2.45) is 5.41 Å². The summed E-state index contributed by atoms with van der Waals surface area (Å²) in [5, 5.41) is 8.69. The third-order valence-electron chi connectivity index (χ3n) is 4.58. The number of hydrogen-bond donors (Lipinski definition) is 1. The van der Waals surface area contributed by atoms with Gasteiger partial charge in [-0.15, -0.1) is 0 Å². The molecular formula is C15H18O7S. The summed E-state index contributed by atoms with van der Waals surface area (Å²) in [4.78, 5) is 11.9. The normalized spacial score (nSPS) is 28.6. The summed E-state index contributed by atoms with van der Waals surface area (Å²) >= 11 is 0. The summed E-state index contributed by atoms with van der Waals surface area (Å²) in [6, 6.07) is 5.02. The van der Waals surface area contributed by atoms with E-state index in [9.17, 15) is 18.3 Å². The average Bonchev–Trinajstić information content (AvgIpc) is 2.99. The van der Waals surface area contributed by atoms with Crippen molar-refractivity contribution in [1.82, 2.24) is 0 Å². The molecule has 3 unspecified atom stereocenters. The summed E-state index contributed by atoms with van der Waals surface area (Å²) in [6.45, 7) is 1.46. The van der Waals surface area contributed by atoms with E-state index in [1.807, 2.05) is 0 Å². The van der Waals surface area contributed by atoms with E-state index in [-0.39, 0.29) is 19.2 Å². The van der Waals surface area contributed by atoms with E-state index in [0.717, 1.165) is 0 Å². The minimum atomic E-state index is -3.54. The number of carboxylic acid groups (broad SMARTS) is 1. The van der Waals surface area contributed by atoms with E-state index in [1.54, 1.807) is 18.2 Å². The van der Waals surface area contributed by atoms with Gasteiger partial charge in [0.15, 0.2) is 21.3 Å². The maximum atomic E-state index is 12.4. The van der Waals surface area contributed by atoms with Crippen molar-refractivity contribution in [1.29, 1.82) is 0 Å². The Balaban J connectivity index is 2.06. The summed E-state index contributed by atoms with van der Waals surface area (Å²) in [6.07, 6.45) is 0. The summed E-state index contributed by atoms with van der Waals surface area (Å²) < 4.78 is 40.4. The first-order chi connectivity index (χ1) is 10.9. The topological polar surface area (TPSA) is 99.1 Å². The molecular weight excluding hydrogens is 324 g/mol. The van der Waals surface area contributed by atoms with E-state index in [4.69, 9.17) is 14.2 Å². The second-order valence-corrected chi connectivity index (χ2v) is 8.15. The highest BCUT2D eigenvalue weighted by molar-refractivity contribution is 7.92. The van der Waals surface area contributed by atoms with Gasteiger partial charge in [0.25, 0.3) is 0 Å². The molecule has 126 valence electrons. The molecule has 2 aliphatic rings. The highest BCUT2D eigenvalue weighted by Gasteiger charge is 2.75. The fourth-order valence-electron chi connectivity index (χ4n) is 3.42. The van der Waals surface area contributed by atoms with Crippen molar-refractivity contribution < 1.29 is 32.5 Å². The van der Waals surface area contributed by atoms with Gasteiger partial charge < -0.3 is 19.3 Å². The molecule has 1 N–H and O–H groups in total. The van der Waals surface area contributed by atoms with Gasteiger partial charge in [-0.05, 0) is 17.7 Å². The lowest BCUT2D eigenvalue weighted by molar-refractivity contribution is -0.145. The number of aliphatic carboxylic acids is 1. The van der Waals surface area contributed by atoms with E-state index < -0.39 is 32.4 Å². The van der Waals surface area contributed by atoms with Crippen LogP contribution in [0.15, 0.2) is 18.2 Å². The van der Waals surface area contributed by atoms with Gasteiger partial charge in [0.2, 0.25) is 6.79 Å². The van der Waals surface area contributed by atoms with Crippen molar-refractivity contribution in [2.45, 2.75) is 18.1 Å². The number of rotatable bonds is 6. The molecule has 1 aromatic rings. The Labute approximate surface area is 134 Å². The summed E-state index contributed by atoms with van der Waals surface area (Å²) in [5.74, 6) is -0.878. The molecule has 1 fully saturated rings. The number of hydrogen-bond acceptors (Lipinski definition) is 6. The minimum absolute atomic E-state index is 0.0995. The monoisotopic (exact) mass is 342 g/mol. The van der Waals surface area contributed by atoms with E-state index in [1.165, 1.54) is 14.0 Å². The number of fused-ring (bicyclic) bond motifs is 1. The first-order valence-corrected chi connectivity index (χ1v) is 8.93. The Hall–Kier alpha value is -1.80. The number of methoxy groups -OCH3 is 1. The molecule has 0 amide bonds. The number of carbonyl (C=O) groups is 1. The van der Waals surface area contributed by atoms with Crippen LogP contribution >= 0.6 is 0 Å². The second-order valence-electron chi connectivity index (χ2n) is 5.74. The van der Waals surface area contributed by atoms with Gasteiger partial charge >= 0.3 is 5.97 Å². The average molecular weight is 342 g/mol. The van der Waals surface area contributed by atoms with Gasteiger partial charge in [0, 0.05) is 18.8 Å². The summed E-state index contributed by atoms with van der Waals surface area (Å²) in [7, 11) is -2.17. The fraction of sp³-hybridized carbons (Fsp3) is 0.533. The third kappa shape index (κ3) is 2.28. The summed E-state index contributed by atoms with van der Waals surface area (Å²) in [5.41, 5.74) is -0.854. The number of ether oxygens (including phenoxy) is 3. The molecule has 0 radical (unpaired) electrons. The van der Waals surface area contributed by atoms with Crippen molar-refractivity contribution in [3.63, 3.8) is 0 Å². The Bertz CT molecular complexity index is 742. The molecule has 1 aliphatic heterocycles. The molecule has 0 saturated heterocycles. The molecule has 1 aromatic carbocycles. The molecule has 8 heteroatoms. The van der Waals surface area contributed by atoms with E-state index >= 15 is 0 Å². The molecule has 0 spiro atoms. The van der Waals surface area contributed by atoms with Crippen molar-refractivity contribution in [2.75, 3.05) is 26.3 Å². The zero-order valence-corrected chi connectivity index (χ0v) is 13.6. The van der Waals surface area contributed by atoms with E-state index in [2.05, 4.69) is 0 Å². The first kappa shape index (κ1) is 16.1. The highest BCUT2D eigenvalue weighted by atomic mass is 32.2. The molecule has 0 bridgehead atoms. The predicted molar refractivity (Wildman–Crippen MR) is 80.5 cm³/mol. The molecule has 1 heterocycles. The lowest BCUT2D eigenvalue weighted by Crippen LogP contribution is -2.29. The Morgan fingerprint density at radius 1 is 1.39 bits per heavy atom. The van der Waals surface area contributed by atoms with Crippen LogP contribution in [0.2, 0.25) is 0 Å². The maximum Gasteiger partial charge on any atom is 0.314 e. The predicted octanol–water partition coefficient (Wildman–Crippen LogP) is 1.03. The highest BCUT2D eigenvalue weighted by Crippen LogP contribution is 2.64. The van der Waals surface area contributed by atoms with Gasteiger partial charge in [-0.3, -0.25) is 4.79 Å². The molecule has 0 aromatic heterocycles. The molecule has 7 nitrogen and oxygen atoms in total. The van der Waals surface area contributed by atoms with Crippen LogP contribution in [0, 0.1) is 5.41 Å². The minimum Gasteiger partial charge on any atom is -0.481 e. The van der Waals surface area contributed by atoms with Crippen LogP contribution in [0.3, 0.4) is 0 Å². The standard InChI is InChI=1S/C15H18O7S/c1-3-23(18,19)13-12(15(13,7-20-2)14(16)17)9-4-5-10-11(6-9)22-8-21-10/h4-6,12-13H,3,7-8H2,1-2H3,(H,16,17). The Kier molecular flexibility index (Phi) is 3.76. The molecule has 23 heavy (non-hydrogen) atoms. The van der Waals surface area contributed by atoms with Crippen LogP contribution in [0.25, 0.3) is 0 Å². The third-order valence-corrected chi connectivity index (χ3v) is 6.85. The first-order valence-electron chi connectivity index (χ1n) is 7.22. The van der Waals surface area contributed by atoms with Gasteiger partial charge in [-0.2, -0.15) is 0 Å². The van der Waals surface area contributed by atoms with Crippen LogP contribution in [-0.4, -0.2) is 51.0 Å². The number of sulfone groups is 1. The number of carboxylic acids is 1. The van der Waals surface area contributed by atoms with Gasteiger partial charge in [-0.1, -0.05) is 13.0 Å². The lowest BCUT2D eigenvalue weighted by Gasteiger charge is -2.11. The van der Waals surface area contributed by atoms with Crippen molar-refractivity contribution in [3.05, 3.63) is 23.8 Å². The largest absolute Gasteiger partial charge is 0.481 e. The van der Waals surface area contributed by atoms with Gasteiger partial charge in [0.1, 0.15) is 5.41 Å². The molecule has 1 saturated carbocycles. The van der Waals surface area contributed by atoms with Crippen LogP contribution < -0.4 is 9.47 Å². The second kappa shape index (κ2) is 5.38. The Morgan fingerprint density at radius 3 is 2.70 bits per heavy atom. The van der Waals surface area contributed by atoms with E-state index in [0.29, 0.717) is 17.1 Å². The SMILES string of the molecule is CCS(=O)(=O)C1C(c2ccc3c(c2)OCO3)C1(COC)C(=O)O. The zero-order chi connectivity index (χ0) is 16.8. The quantitative estimate of drug-likeness (QED) is 0.824.